The second-order valence-electron chi connectivity index (χ2n) is 4.31. The highest BCUT2D eigenvalue weighted by molar-refractivity contribution is 7.90. The number of hydrogen-bond acceptors (Lipinski definition) is 3. The fourth-order valence-corrected chi connectivity index (χ4v) is 1.99. The van der Waals surface area contributed by atoms with Crippen molar-refractivity contribution < 1.29 is 8.42 Å². The Morgan fingerprint density at radius 1 is 1.38 bits per heavy atom. The van der Waals surface area contributed by atoms with Gasteiger partial charge in [-0.15, -0.1) is 0 Å². The van der Waals surface area contributed by atoms with Crippen LogP contribution in [0, 0.1) is 5.92 Å². The summed E-state index contributed by atoms with van der Waals surface area (Å²) < 4.78 is 21.8. The van der Waals surface area contributed by atoms with Gasteiger partial charge in [-0.05, 0) is 25.2 Å². The van der Waals surface area contributed by atoms with Gasteiger partial charge in [-0.1, -0.05) is 0 Å². The average Bonchev–Trinajstić information content (AvgIpc) is 2.99. The van der Waals surface area contributed by atoms with Crippen LogP contribution in [-0.2, 0) is 9.84 Å². The van der Waals surface area contributed by atoms with Crippen molar-refractivity contribution in [3.8, 4) is 0 Å². The van der Waals surface area contributed by atoms with Crippen LogP contribution in [-0.4, -0.2) is 46.5 Å². The molecule has 2 N–H and O–H groups in total. The van der Waals surface area contributed by atoms with Crippen molar-refractivity contribution in [2.45, 2.75) is 19.3 Å². The van der Waals surface area contributed by atoms with Gasteiger partial charge in [-0.25, -0.2) is 8.42 Å². The number of guanidine groups is 1. The summed E-state index contributed by atoms with van der Waals surface area (Å²) in [6.07, 6.45) is 4.48. The molecule has 0 aromatic rings. The Morgan fingerprint density at radius 2 is 2.06 bits per heavy atom. The SMILES string of the molecule is CN=C(NCCCS(C)(=O)=O)NCC1CC1. The fourth-order valence-electron chi connectivity index (χ4n) is 1.32. The summed E-state index contributed by atoms with van der Waals surface area (Å²) >= 11 is 0. The van der Waals surface area contributed by atoms with E-state index in [2.05, 4.69) is 15.6 Å². The highest BCUT2D eigenvalue weighted by Gasteiger charge is 2.20. The summed E-state index contributed by atoms with van der Waals surface area (Å²) in [6, 6.07) is 0. The van der Waals surface area contributed by atoms with Gasteiger partial charge in [0.15, 0.2) is 5.96 Å². The molecule has 0 bridgehead atoms. The average molecular weight is 247 g/mol. The maximum atomic E-state index is 10.9. The Balaban J connectivity index is 2.08. The van der Waals surface area contributed by atoms with Crippen molar-refractivity contribution in [1.29, 1.82) is 0 Å². The number of nitrogens with zero attached hydrogens (tertiary/aromatic N) is 1. The van der Waals surface area contributed by atoms with Gasteiger partial charge >= 0.3 is 0 Å². The van der Waals surface area contributed by atoms with E-state index in [4.69, 9.17) is 0 Å². The van der Waals surface area contributed by atoms with E-state index >= 15 is 0 Å². The molecule has 6 heteroatoms. The van der Waals surface area contributed by atoms with Gasteiger partial charge in [0.25, 0.3) is 0 Å². The molecule has 0 saturated heterocycles. The van der Waals surface area contributed by atoms with Crippen LogP contribution >= 0.6 is 0 Å². The predicted molar refractivity (Wildman–Crippen MR) is 66.4 cm³/mol. The molecule has 0 aromatic heterocycles. The van der Waals surface area contributed by atoms with E-state index in [0.29, 0.717) is 13.0 Å². The predicted octanol–water partition coefficient (Wildman–Crippen LogP) is -0.00390. The standard InChI is InChI=1S/C10H21N3O2S/c1-11-10(13-8-9-4-5-9)12-6-3-7-16(2,14)15/h9H,3-8H2,1-2H3,(H2,11,12,13). The summed E-state index contributed by atoms with van der Waals surface area (Å²) in [6.45, 7) is 1.60. The zero-order chi connectivity index (χ0) is 12.0. The minimum atomic E-state index is -2.84. The molecular formula is C10H21N3O2S. The zero-order valence-electron chi connectivity index (χ0n) is 9.99. The van der Waals surface area contributed by atoms with E-state index in [1.54, 1.807) is 7.05 Å². The Bertz CT molecular complexity index is 334. The van der Waals surface area contributed by atoms with E-state index < -0.39 is 9.84 Å². The number of aliphatic imine (C=N–C) groups is 1. The van der Waals surface area contributed by atoms with E-state index in [-0.39, 0.29) is 5.75 Å². The first-order valence-corrected chi connectivity index (χ1v) is 7.69. The lowest BCUT2D eigenvalue weighted by Gasteiger charge is -2.10. The van der Waals surface area contributed by atoms with E-state index in [1.807, 2.05) is 0 Å². The molecule has 94 valence electrons. The smallest absolute Gasteiger partial charge is 0.190 e. The third-order valence-electron chi connectivity index (χ3n) is 2.46. The molecule has 16 heavy (non-hydrogen) atoms. The number of nitrogens with one attached hydrogen (secondary N) is 2. The van der Waals surface area contributed by atoms with E-state index in [9.17, 15) is 8.42 Å². The van der Waals surface area contributed by atoms with Gasteiger partial charge in [-0.2, -0.15) is 0 Å². The lowest BCUT2D eigenvalue weighted by Crippen LogP contribution is -2.39. The van der Waals surface area contributed by atoms with Gasteiger partial charge < -0.3 is 10.6 Å². The van der Waals surface area contributed by atoms with Crippen LogP contribution in [0.5, 0.6) is 0 Å². The first-order valence-electron chi connectivity index (χ1n) is 5.63. The quantitative estimate of drug-likeness (QED) is 0.394. The van der Waals surface area contributed by atoms with Crippen LogP contribution in [0.4, 0.5) is 0 Å². The molecule has 5 nitrogen and oxygen atoms in total. The van der Waals surface area contributed by atoms with Crippen molar-refractivity contribution in [3.05, 3.63) is 0 Å². The van der Waals surface area contributed by atoms with Crippen LogP contribution in [0.25, 0.3) is 0 Å². The van der Waals surface area contributed by atoms with Crippen molar-refractivity contribution in [2.75, 3.05) is 32.1 Å². The van der Waals surface area contributed by atoms with Crippen LogP contribution in [0.15, 0.2) is 4.99 Å². The van der Waals surface area contributed by atoms with Crippen molar-refractivity contribution >= 4 is 15.8 Å². The van der Waals surface area contributed by atoms with Gasteiger partial charge in [0.1, 0.15) is 9.84 Å². The van der Waals surface area contributed by atoms with Gasteiger partial charge in [0.2, 0.25) is 0 Å². The van der Waals surface area contributed by atoms with Crippen molar-refractivity contribution in [1.82, 2.24) is 10.6 Å². The lowest BCUT2D eigenvalue weighted by molar-refractivity contribution is 0.598. The molecular weight excluding hydrogens is 226 g/mol. The molecule has 0 atom stereocenters. The normalized spacial score (nSPS) is 17.2. The number of sulfone groups is 1. The molecule has 0 radical (unpaired) electrons. The summed E-state index contributed by atoms with van der Waals surface area (Å²) in [7, 11) is -1.12. The van der Waals surface area contributed by atoms with Crippen LogP contribution < -0.4 is 10.6 Å². The Hall–Kier alpha value is -0.780. The summed E-state index contributed by atoms with van der Waals surface area (Å²) in [5.74, 6) is 1.79. The van der Waals surface area contributed by atoms with E-state index in [0.717, 1.165) is 18.4 Å². The second kappa shape index (κ2) is 6.08. The molecule has 1 fully saturated rings. The largest absolute Gasteiger partial charge is 0.356 e. The van der Waals surface area contributed by atoms with Gasteiger partial charge in [0.05, 0.1) is 5.75 Å². The lowest BCUT2D eigenvalue weighted by atomic mass is 10.4. The minimum Gasteiger partial charge on any atom is -0.356 e. The number of rotatable bonds is 6. The van der Waals surface area contributed by atoms with E-state index in [1.165, 1.54) is 19.1 Å². The topological polar surface area (TPSA) is 70.6 Å². The summed E-state index contributed by atoms with van der Waals surface area (Å²) in [5, 5.41) is 6.32. The Kier molecular flexibility index (Phi) is 5.05. The molecule has 1 rings (SSSR count). The molecule has 0 heterocycles. The second-order valence-corrected chi connectivity index (χ2v) is 6.57. The monoisotopic (exact) mass is 247 g/mol. The molecule has 1 saturated carbocycles. The third-order valence-corrected chi connectivity index (χ3v) is 3.49. The molecule has 0 aliphatic heterocycles. The molecule has 0 aromatic carbocycles. The highest BCUT2D eigenvalue weighted by atomic mass is 32.2. The summed E-state index contributed by atoms with van der Waals surface area (Å²) in [5.41, 5.74) is 0. The molecule has 0 spiro atoms. The molecule has 0 unspecified atom stereocenters. The van der Waals surface area contributed by atoms with Crippen LogP contribution in [0.3, 0.4) is 0 Å². The fraction of sp³-hybridized carbons (Fsp3) is 0.900. The summed E-state index contributed by atoms with van der Waals surface area (Å²) in [4.78, 5) is 4.07. The van der Waals surface area contributed by atoms with Crippen LogP contribution in [0.1, 0.15) is 19.3 Å². The zero-order valence-corrected chi connectivity index (χ0v) is 10.8. The first-order chi connectivity index (χ1) is 7.51. The molecule has 1 aliphatic carbocycles. The third kappa shape index (κ3) is 6.66. The maximum Gasteiger partial charge on any atom is 0.190 e. The van der Waals surface area contributed by atoms with Crippen molar-refractivity contribution in [3.63, 3.8) is 0 Å². The molecule has 0 amide bonds. The molecule has 1 aliphatic rings. The minimum absolute atomic E-state index is 0.222. The van der Waals surface area contributed by atoms with Crippen molar-refractivity contribution in [2.24, 2.45) is 10.9 Å². The van der Waals surface area contributed by atoms with Crippen LogP contribution in [0.2, 0.25) is 0 Å². The number of hydrogen-bond donors (Lipinski definition) is 2. The highest BCUT2D eigenvalue weighted by Crippen LogP contribution is 2.27. The van der Waals surface area contributed by atoms with Gasteiger partial charge in [0, 0.05) is 26.4 Å². The first kappa shape index (κ1) is 13.3. The Morgan fingerprint density at radius 3 is 2.56 bits per heavy atom. The Labute approximate surface area is 97.6 Å². The van der Waals surface area contributed by atoms with Gasteiger partial charge in [-0.3, -0.25) is 4.99 Å². The maximum absolute atomic E-state index is 10.9.